The molecule has 0 saturated carbocycles. The molecule has 21 heavy (non-hydrogen) atoms. The van der Waals surface area contributed by atoms with Gasteiger partial charge in [-0.3, -0.25) is 9.80 Å². The average molecular weight is 294 g/mol. The number of hydrogen-bond donors (Lipinski definition) is 1. The molecule has 120 valence electrons. The molecule has 0 aliphatic carbocycles. The third-order valence-electron chi connectivity index (χ3n) is 4.00. The van der Waals surface area contributed by atoms with E-state index in [1.54, 1.807) is 0 Å². The third-order valence-corrected chi connectivity index (χ3v) is 4.00. The number of hydrogen-bond acceptors (Lipinski definition) is 5. The van der Waals surface area contributed by atoms with E-state index in [0.717, 1.165) is 50.7 Å². The lowest BCUT2D eigenvalue weighted by Crippen LogP contribution is -2.53. The van der Waals surface area contributed by atoms with Crippen molar-refractivity contribution < 1.29 is 4.52 Å². The summed E-state index contributed by atoms with van der Waals surface area (Å²) in [5, 5.41) is 7.49. The maximum Gasteiger partial charge on any atom is 0.151 e. The topological polar surface area (TPSA) is 44.5 Å². The highest BCUT2D eigenvalue weighted by Gasteiger charge is 2.26. The molecule has 0 aromatic carbocycles. The standard InChI is InChI=1S/C16H30N4O/c1-13(2)17-11-14-10-15(21-18-14)12-19-6-8-20(9-7-19)16(3,4)5/h10,13,17H,6-9,11-12H2,1-5H3. The lowest BCUT2D eigenvalue weighted by molar-refractivity contribution is 0.0553. The van der Waals surface area contributed by atoms with Crippen molar-refractivity contribution in [2.75, 3.05) is 26.2 Å². The van der Waals surface area contributed by atoms with Crippen LogP contribution in [0.4, 0.5) is 0 Å². The summed E-state index contributed by atoms with van der Waals surface area (Å²) >= 11 is 0. The summed E-state index contributed by atoms with van der Waals surface area (Å²) in [5.41, 5.74) is 1.26. The van der Waals surface area contributed by atoms with Crippen LogP contribution in [0.2, 0.25) is 0 Å². The molecule has 0 radical (unpaired) electrons. The number of aromatic nitrogens is 1. The lowest BCUT2D eigenvalue weighted by atomic mass is 10.0. The van der Waals surface area contributed by atoms with Gasteiger partial charge in [0, 0.05) is 50.4 Å². The van der Waals surface area contributed by atoms with Crippen molar-refractivity contribution in [3.05, 3.63) is 17.5 Å². The molecule has 0 unspecified atom stereocenters. The Labute approximate surface area is 128 Å². The number of nitrogens with zero attached hydrogens (tertiary/aromatic N) is 3. The second-order valence-corrected chi connectivity index (χ2v) is 7.25. The Morgan fingerprint density at radius 1 is 1.24 bits per heavy atom. The molecule has 2 rings (SSSR count). The molecule has 0 spiro atoms. The van der Waals surface area contributed by atoms with E-state index in [2.05, 4.69) is 61.0 Å². The summed E-state index contributed by atoms with van der Waals surface area (Å²) in [7, 11) is 0. The zero-order valence-electron chi connectivity index (χ0n) is 14.1. The number of nitrogens with one attached hydrogen (secondary N) is 1. The second-order valence-electron chi connectivity index (χ2n) is 7.25. The monoisotopic (exact) mass is 294 g/mol. The highest BCUT2D eigenvalue weighted by Crippen LogP contribution is 2.17. The summed E-state index contributed by atoms with van der Waals surface area (Å²) in [6.45, 7) is 17.2. The van der Waals surface area contributed by atoms with E-state index in [1.807, 2.05) is 0 Å². The van der Waals surface area contributed by atoms with Crippen LogP contribution in [0.3, 0.4) is 0 Å². The van der Waals surface area contributed by atoms with Gasteiger partial charge in [0.2, 0.25) is 0 Å². The lowest BCUT2D eigenvalue weighted by Gasteiger charge is -2.42. The Kier molecular flexibility index (Phi) is 5.41. The molecule has 1 aromatic heterocycles. The molecule has 1 aromatic rings. The van der Waals surface area contributed by atoms with Crippen LogP contribution < -0.4 is 5.32 Å². The van der Waals surface area contributed by atoms with Crippen LogP contribution in [0.15, 0.2) is 10.6 Å². The summed E-state index contributed by atoms with van der Waals surface area (Å²) in [5.74, 6) is 0.972. The van der Waals surface area contributed by atoms with E-state index in [-0.39, 0.29) is 5.54 Å². The minimum atomic E-state index is 0.272. The molecule has 5 heteroatoms. The predicted molar refractivity (Wildman–Crippen MR) is 85.1 cm³/mol. The van der Waals surface area contributed by atoms with E-state index < -0.39 is 0 Å². The van der Waals surface area contributed by atoms with Gasteiger partial charge in [0.1, 0.15) is 0 Å². The zero-order chi connectivity index (χ0) is 15.5. The van der Waals surface area contributed by atoms with Gasteiger partial charge in [-0.25, -0.2) is 0 Å². The smallest absolute Gasteiger partial charge is 0.151 e. The minimum absolute atomic E-state index is 0.272. The van der Waals surface area contributed by atoms with Gasteiger partial charge in [-0.1, -0.05) is 19.0 Å². The van der Waals surface area contributed by atoms with E-state index in [9.17, 15) is 0 Å². The van der Waals surface area contributed by atoms with Crippen LogP contribution >= 0.6 is 0 Å². The fourth-order valence-electron chi connectivity index (χ4n) is 2.62. The van der Waals surface area contributed by atoms with Gasteiger partial charge in [0.05, 0.1) is 12.2 Å². The molecule has 0 atom stereocenters. The molecular formula is C16H30N4O. The van der Waals surface area contributed by atoms with Crippen LogP contribution in [-0.2, 0) is 13.1 Å². The quantitative estimate of drug-likeness (QED) is 0.901. The Balaban J connectivity index is 1.78. The summed E-state index contributed by atoms with van der Waals surface area (Å²) in [4.78, 5) is 4.99. The molecule has 1 saturated heterocycles. The predicted octanol–water partition coefficient (Wildman–Crippen LogP) is 2.09. The average Bonchev–Trinajstić information content (AvgIpc) is 2.83. The van der Waals surface area contributed by atoms with Crippen molar-refractivity contribution in [3.63, 3.8) is 0 Å². The fourth-order valence-corrected chi connectivity index (χ4v) is 2.62. The van der Waals surface area contributed by atoms with E-state index >= 15 is 0 Å². The van der Waals surface area contributed by atoms with Crippen molar-refractivity contribution in [2.24, 2.45) is 0 Å². The second kappa shape index (κ2) is 6.90. The largest absolute Gasteiger partial charge is 0.360 e. The van der Waals surface area contributed by atoms with Gasteiger partial charge in [0.25, 0.3) is 0 Å². The van der Waals surface area contributed by atoms with Crippen molar-refractivity contribution >= 4 is 0 Å². The van der Waals surface area contributed by atoms with Gasteiger partial charge < -0.3 is 9.84 Å². The van der Waals surface area contributed by atoms with Gasteiger partial charge in [0.15, 0.2) is 5.76 Å². The Morgan fingerprint density at radius 3 is 2.48 bits per heavy atom. The molecular weight excluding hydrogens is 264 g/mol. The highest BCUT2D eigenvalue weighted by atomic mass is 16.5. The van der Waals surface area contributed by atoms with Gasteiger partial charge >= 0.3 is 0 Å². The maximum absolute atomic E-state index is 5.45. The molecule has 1 fully saturated rings. The number of piperazine rings is 1. The molecule has 0 bridgehead atoms. The molecule has 2 heterocycles. The summed E-state index contributed by atoms with van der Waals surface area (Å²) in [6, 6.07) is 2.54. The molecule has 0 amide bonds. The first-order valence-corrected chi connectivity index (χ1v) is 8.00. The van der Waals surface area contributed by atoms with Gasteiger partial charge in [-0.05, 0) is 20.8 Å². The molecule has 5 nitrogen and oxygen atoms in total. The van der Waals surface area contributed by atoms with Crippen LogP contribution in [0.5, 0.6) is 0 Å². The SMILES string of the molecule is CC(C)NCc1cc(CN2CCN(C(C)(C)C)CC2)on1. The van der Waals surface area contributed by atoms with Gasteiger partial charge in [-0.15, -0.1) is 0 Å². The third kappa shape index (κ3) is 5.09. The van der Waals surface area contributed by atoms with Crippen LogP contribution in [0.25, 0.3) is 0 Å². The fraction of sp³-hybridized carbons (Fsp3) is 0.812. The zero-order valence-corrected chi connectivity index (χ0v) is 14.1. The first-order chi connectivity index (χ1) is 9.84. The van der Waals surface area contributed by atoms with Crippen LogP contribution in [0.1, 0.15) is 46.1 Å². The normalized spacial score (nSPS) is 18.6. The van der Waals surface area contributed by atoms with E-state index in [1.165, 1.54) is 0 Å². The summed E-state index contributed by atoms with van der Waals surface area (Å²) < 4.78 is 5.45. The summed E-state index contributed by atoms with van der Waals surface area (Å²) in [6.07, 6.45) is 0. The molecule has 1 aliphatic rings. The van der Waals surface area contributed by atoms with Crippen molar-refractivity contribution in [1.82, 2.24) is 20.3 Å². The first-order valence-electron chi connectivity index (χ1n) is 8.00. The van der Waals surface area contributed by atoms with E-state index in [0.29, 0.717) is 6.04 Å². The Morgan fingerprint density at radius 2 is 1.90 bits per heavy atom. The minimum Gasteiger partial charge on any atom is -0.360 e. The maximum atomic E-state index is 5.45. The Hall–Kier alpha value is -0.910. The number of rotatable bonds is 5. The van der Waals surface area contributed by atoms with Crippen molar-refractivity contribution in [1.29, 1.82) is 0 Å². The van der Waals surface area contributed by atoms with E-state index in [4.69, 9.17) is 4.52 Å². The van der Waals surface area contributed by atoms with Crippen molar-refractivity contribution in [3.8, 4) is 0 Å². The van der Waals surface area contributed by atoms with Crippen LogP contribution in [-0.4, -0.2) is 52.7 Å². The van der Waals surface area contributed by atoms with Gasteiger partial charge in [-0.2, -0.15) is 0 Å². The first kappa shape index (κ1) is 16.5. The molecule has 1 N–H and O–H groups in total. The Bertz CT molecular complexity index is 428. The molecule has 1 aliphatic heterocycles. The highest BCUT2D eigenvalue weighted by molar-refractivity contribution is 5.05. The van der Waals surface area contributed by atoms with Crippen LogP contribution in [0, 0.1) is 0 Å². The van der Waals surface area contributed by atoms with Crippen molar-refractivity contribution in [2.45, 2.75) is 59.3 Å².